The first-order valence-corrected chi connectivity index (χ1v) is 6.34. The lowest BCUT2D eigenvalue weighted by Crippen LogP contribution is -2.09. The molecule has 0 atom stereocenters. The predicted molar refractivity (Wildman–Crippen MR) is 74.6 cm³/mol. The third-order valence-electron chi connectivity index (χ3n) is 2.25. The van der Waals surface area contributed by atoms with Gasteiger partial charge in [-0.2, -0.15) is 0 Å². The Balaban J connectivity index is 2.18. The normalized spacial score (nSPS) is 10.8. The summed E-state index contributed by atoms with van der Waals surface area (Å²) in [4.78, 5) is 0. The van der Waals surface area contributed by atoms with E-state index < -0.39 is 0 Å². The molecule has 1 rings (SSSR count). The third-order valence-corrected chi connectivity index (χ3v) is 2.48. The van der Waals surface area contributed by atoms with E-state index >= 15 is 0 Å². The minimum Gasteiger partial charge on any atom is -0.397 e. The SMILES string of the molecule is CC(C)COCCCNc1ccc(Cl)cc1N. The summed E-state index contributed by atoms with van der Waals surface area (Å²) in [5, 5.41) is 3.93. The Morgan fingerprint density at radius 2 is 2.18 bits per heavy atom. The molecule has 1 aromatic carbocycles. The molecule has 4 heteroatoms. The lowest BCUT2D eigenvalue weighted by atomic mass is 10.2. The van der Waals surface area contributed by atoms with Crippen LogP contribution in [0.3, 0.4) is 0 Å². The largest absolute Gasteiger partial charge is 0.397 e. The molecule has 0 amide bonds. The summed E-state index contributed by atoms with van der Waals surface area (Å²) in [6, 6.07) is 5.47. The fourth-order valence-corrected chi connectivity index (χ4v) is 1.59. The van der Waals surface area contributed by atoms with Gasteiger partial charge >= 0.3 is 0 Å². The lowest BCUT2D eigenvalue weighted by molar-refractivity contribution is 0.110. The van der Waals surface area contributed by atoms with Crippen LogP contribution in [0.15, 0.2) is 18.2 Å². The van der Waals surface area contributed by atoms with E-state index in [1.54, 1.807) is 6.07 Å². The first-order valence-electron chi connectivity index (χ1n) is 5.96. The Kier molecular flexibility index (Phi) is 6.16. The van der Waals surface area contributed by atoms with Crippen LogP contribution in [-0.2, 0) is 4.74 Å². The molecule has 0 aliphatic heterocycles. The van der Waals surface area contributed by atoms with Gasteiger partial charge in [-0.25, -0.2) is 0 Å². The Morgan fingerprint density at radius 3 is 2.82 bits per heavy atom. The molecule has 0 fully saturated rings. The molecule has 0 bridgehead atoms. The minimum atomic E-state index is 0.592. The van der Waals surface area contributed by atoms with E-state index in [-0.39, 0.29) is 0 Å². The zero-order valence-electron chi connectivity index (χ0n) is 10.5. The average Bonchev–Trinajstić information content (AvgIpc) is 2.25. The van der Waals surface area contributed by atoms with Gasteiger partial charge in [0.25, 0.3) is 0 Å². The van der Waals surface area contributed by atoms with Crippen molar-refractivity contribution in [3.05, 3.63) is 23.2 Å². The van der Waals surface area contributed by atoms with Gasteiger partial charge < -0.3 is 15.8 Å². The second-order valence-corrected chi connectivity index (χ2v) is 4.92. The van der Waals surface area contributed by atoms with Crippen molar-refractivity contribution in [1.29, 1.82) is 0 Å². The summed E-state index contributed by atoms with van der Waals surface area (Å²) >= 11 is 5.82. The van der Waals surface area contributed by atoms with Gasteiger partial charge in [0, 0.05) is 24.8 Å². The number of anilines is 2. The molecule has 0 saturated carbocycles. The maximum Gasteiger partial charge on any atom is 0.0574 e. The van der Waals surface area contributed by atoms with Crippen molar-refractivity contribution in [2.24, 2.45) is 5.92 Å². The predicted octanol–water partition coefficient (Wildman–Crippen LogP) is 3.40. The monoisotopic (exact) mass is 256 g/mol. The molecule has 17 heavy (non-hydrogen) atoms. The van der Waals surface area contributed by atoms with Crippen LogP contribution in [0.5, 0.6) is 0 Å². The molecule has 0 saturated heterocycles. The highest BCUT2D eigenvalue weighted by molar-refractivity contribution is 6.31. The van der Waals surface area contributed by atoms with Crippen LogP contribution in [0.4, 0.5) is 11.4 Å². The van der Waals surface area contributed by atoms with Gasteiger partial charge in [0.05, 0.1) is 11.4 Å². The van der Waals surface area contributed by atoms with Crippen molar-refractivity contribution in [3.8, 4) is 0 Å². The van der Waals surface area contributed by atoms with Crippen molar-refractivity contribution >= 4 is 23.0 Å². The van der Waals surface area contributed by atoms with Gasteiger partial charge in [-0.1, -0.05) is 25.4 Å². The second kappa shape index (κ2) is 7.41. The summed E-state index contributed by atoms with van der Waals surface area (Å²) < 4.78 is 5.49. The second-order valence-electron chi connectivity index (χ2n) is 4.48. The molecule has 1 aromatic rings. The van der Waals surface area contributed by atoms with Crippen LogP contribution in [0.2, 0.25) is 5.02 Å². The standard InChI is InChI=1S/C13H21ClN2O/c1-10(2)9-17-7-3-6-16-13-5-4-11(14)8-12(13)15/h4-5,8,10,16H,3,6-7,9,15H2,1-2H3. The van der Waals surface area contributed by atoms with Crippen molar-refractivity contribution in [2.75, 3.05) is 30.8 Å². The van der Waals surface area contributed by atoms with Gasteiger partial charge in [-0.3, -0.25) is 0 Å². The van der Waals surface area contributed by atoms with E-state index in [0.29, 0.717) is 16.6 Å². The third kappa shape index (κ3) is 5.80. The van der Waals surface area contributed by atoms with E-state index in [1.807, 2.05) is 12.1 Å². The number of nitrogens with one attached hydrogen (secondary N) is 1. The van der Waals surface area contributed by atoms with Crippen LogP contribution in [-0.4, -0.2) is 19.8 Å². The lowest BCUT2D eigenvalue weighted by Gasteiger charge is -2.10. The van der Waals surface area contributed by atoms with Crippen molar-refractivity contribution < 1.29 is 4.74 Å². The van der Waals surface area contributed by atoms with E-state index in [4.69, 9.17) is 22.1 Å². The van der Waals surface area contributed by atoms with E-state index in [9.17, 15) is 0 Å². The molecule has 0 aliphatic rings. The molecule has 0 heterocycles. The fraction of sp³-hybridized carbons (Fsp3) is 0.538. The van der Waals surface area contributed by atoms with Crippen molar-refractivity contribution in [1.82, 2.24) is 0 Å². The van der Waals surface area contributed by atoms with E-state index in [2.05, 4.69) is 19.2 Å². The molecule has 3 nitrogen and oxygen atoms in total. The summed E-state index contributed by atoms with van der Waals surface area (Å²) in [7, 11) is 0. The number of hydrogen-bond acceptors (Lipinski definition) is 3. The topological polar surface area (TPSA) is 47.3 Å². The maximum atomic E-state index is 5.82. The number of halogens is 1. The summed E-state index contributed by atoms with van der Waals surface area (Å²) in [5.41, 5.74) is 7.43. The highest BCUT2D eigenvalue weighted by atomic mass is 35.5. The number of benzene rings is 1. The van der Waals surface area contributed by atoms with Crippen LogP contribution >= 0.6 is 11.6 Å². The van der Waals surface area contributed by atoms with E-state index in [1.165, 1.54) is 0 Å². The molecular formula is C13H21ClN2O. The molecule has 3 N–H and O–H groups in total. The van der Waals surface area contributed by atoms with Crippen molar-refractivity contribution in [3.63, 3.8) is 0 Å². The van der Waals surface area contributed by atoms with Crippen molar-refractivity contribution in [2.45, 2.75) is 20.3 Å². The van der Waals surface area contributed by atoms with Gasteiger partial charge in [0.15, 0.2) is 0 Å². The highest BCUT2D eigenvalue weighted by Gasteiger charge is 1.99. The number of ether oxygens (including phenoxy) is 1. The smallest absolute Gasteiger partial charge is 0.0574 e. The first kappa shape index (κ1) is 14.1. The zero-order chi connectivity index (χ0) is 12.7. The number of nitrogen functional groups attached to an aromatic ring is 1. The molecule has 96 valence electrons. The molecule has 0 unspecified atom stereocenters. The summed E-state index contributed by atoms with van der Waals surface area (Å²) in [5.74, 6) is 0.592. The van der Waals surface area contributed by atoms with Crippen LogP contribution in [0.25, 0.3) is 0 Å². The molecule has 0 aromatic heterocycles. The highest BCUT2D eigenvalue weighted by Crippen LogP contribution is 2.22. The Morgan fingerprint density at radius 1 is 1.41 bits per heavy atom. The summed E-state index contributed by atoms with van der Waals surface area (Å²) in [6.07, 6.45) is 0.967. The van der Waals surface area contributed by atoms with Gasteiger partial charge in [0.2, 0.25) is 0 Å². The number of rotatable bonds is 7. The zero-order valence-corrected chi connectivity index (χ0v) is 11.3. The Labute approximate surface area is 108 Å². The molecule has 0 radical (unpaired) electrons. The molecule has 0 spiro atoms. The van der Waals surface area contributed by atoms with Crippen LogP contribution in [0, 0.1) is 5.92 Å². The van der Waals surface area contributed by atoms with Gasteiger partial charge in [-0.15, -0.1) is 0 Å². The first-order chi connectivity index (χ1) is 8.09. The summed E-state index contributed by atoms with van der Waals surface area (Å²) in [6.45, 7) is 6.74. The van der Waals surface area contributed by atoms with Gasteiger partial charge in [0.1, 0.15) is 0 Å². The van der Waals surface area contributed by atoms with Gasteiger partial charge in [-0.05, 0) is 30.5 Å². The molecule has 0 aliphatic carbocycles. The number of nitrogens with two attached hydrogens (primary N) is 1. The average molecular weight is 257 g/mol. The maximum absolute atomic E-state index is 5.82. The Bertz CT molecular complexity index is 342. The molecular weight excluding hydrogens is 236 g/mol. The Hall–Kier alpha value is -0.930. The fourth-order valence-electron chi connectivity index (χ4n) is 1.41. The van der Waals surface area contributed by atoms with E-state index in [0.717, 1.165) is 31.9 Å². The van der Waals surface area contributed by atoms with Crippen LogP contribution in [0.1, 0.15) is 20.3 Å². The minimum absolute atomic E-state index is 0.592. The van der Waals surface area contributed by atoms with Crippen LogP contribution < -0.4 is 11.1 Å². The quantitative estimate of drug-likeness (QED) is 0.581. The number of hydrogen-bond donors (Lipinski definition) is 2.